The van der Waals surface area contributed by atoms with Gasteiger partial charge in [-0.15, -0.1) is 0 Å². The molecule has 0 aliphatic heterocycles. The average Bonchev–Trinajstić information content (AvgIpc) is 2.88. The van der Waals surface area contributed by atoms with E-state index >= 15 is 0 Å². The van der Waals surface area contributed by atoms with Crippen LogP contribution in [-0.2, 0) is 11.3 Å². The van der Waals surface area contributed by atoms with Crippen molar-refractivity contribution in [3.8, 4) is 0 Å². The number of carbonyl (C=O) groups excluding carboxylic acids is 2. The van der Waals surface area contributed by atoms with E-state index in [1.165, 1.54) is 0 Å². The zero-order valence-corrected chi connectivity index (χ0v) is 21.3. The molecule has 0 saturated heterocycles. The molecule has 3 aromatic carbocycles. The minimum atomic E-state index is -0.391. The van der Waals surface area contributed by atoms with Crippen LogP contribution in [-0.4, -0.2) is 28.6 Å². The van der Waals surface area contributed by atoms with E-state index in [4.69, 9.17) is 17.0 Å². The molecule has 0 fully saturated rings. The Kier molecular flexibility index (Phi) is 7.84. The van der Waals surface area contributed by atoms with E-state index in [1.807, 2.05) is 42.5 Å². The predicted molar refractivity (Wildman–Crippen MR) is 145 cm³/mol. The summed E-state index contributed by atoms with van der Waals surface area (Å²) >= 11 is 9.23. The number of halogens is 1. The number of rotatable bonds is 6. The molecule has 0 radical (unpaired) electrons. The van der Waals surface area contributed by atoms with E-state index in [0.717, 1.165) is 26.5 Å². The zero-order valence-electron chi connectivity index (χ0n) is 18.9. The number of anilines is 1. The van der Waals surface area contributed by atoms with Gasteiger partial charge in [0.1, 0.15) is 0 Å². The Bertz CT molecular complexity index is 1380. The molecule has 1 aromatic heterocycles. The van der Waals surface area contributed by atoms with Gasteiger partial charge in [-0.25, -0.2) is 4.79 Å². The summed E-state index contributed by atoms with van der Waals surface area (Å²) in [6.07, 6.45) is 3.40. The first-order valence-corrected chi connectivity index (χ1v) is 12.1. The monoisotopic (exact) mass is 547 g/mol. The lowest BCUT2D eigenvalue weighted by Gasteiger charge is -2.26. The minimum Gasteiger partial charge on any atom is -0.462 e. The number of amides is 1. The van der Waals surface area contributed by atoms with Crippen molar-refractivity contribution in [1.29, 1.82) is 0 Å². The van der Waals surface area contributed by atoms with Crippen LogP contribution in [0, 0.1) is 0 Å². The SMILES string of the molecule is CCOC(=O)c1ccc(N(Cc2ccncc2)C(=S)NC(=O)c2cccc3c(Br)cccc23)cc1. The number of ether oxygens (including phenoxy) is 1. The smallest absolute Gasteiger partial charge is 0.338 e. The second-order valence-electron chi connectivity index (χ2n) is 7.61. The summed E-state index contributed by atoms with van der Waals surface area (Å²) in [5.74, 6) is -0.695. The number of nitrogens with zero attached hydrogens (tertiary/aromatic N) is 2. The van der Waals surface area contributed by atoms with Crippen molar-refractivity contribution in [3.05, 3.63) is 106 Å². The van der Waals surface area contributed by atoms with Crippen molar-refractivity contribution in [3.63, 3.8) is 0 Å². The summed E-state index contributed by atoms with van der Waals surface area (Å²) in [6, 6.07) is 22.0. The second kappa shape index (κ2) is 11.2. The number of aromatic nitrogens is 1. The standard InChI is InChI=1S/C27H22BrN3O3S/c1-2-34-26(33)19-9-11-20(12-10-19)31(17-18-13-15-29-16-14-18)27(35)30-25(32)23-7-3-6-22-21(23)5-4-8-24(22)28/h3-16H,2,17H2,1H3,(H,30,32,35). The van der Waals surface area contributed by atoms with Gasteiger partial charge in [-0.05, 0) is 84.0 Å². The highest BCUT2D eigenvalue weighted by atomic mass is 79.9. The Hall–Kier alpha value is -3.62. The number of hydrogen-bond donors (Lipinski definition) is 1. The lowest BCUT2D eigenvalue weighted by Crippen LogP contribution is -2.42. The van der Waals surface area contributed by atoms with E-state index in [-0.39, 0.29) is 11.0 Å². The molecule has 4 aromatic rings. The topological polar surface area (TPSA) is 71.5 Å². The molecule has 0 saturated carbocycles. The molecule has 0 aliphatic rings. The predicted octanol–water partition coefficient (Wildman–Crippen LogP) is 5.90. The van der Waals surface area contributed by atoms with Crippen LogP contribution in [0.25, 0.3) is 10.8 Å². The molecule has 0 spiro atoms. The minimum absolute atomic E-state index is 0.239. The molecule has 0 aliphatic carbocycles. The molecule has 1 N–H and O–H groups in total. The first kappa shape index (κ1) is 24.5. The maximum absolute atomic E-state index is 13.3. The van der Waals surface area contributed by atoms with Crippen molar-refractivity contribution in [2.24, 2.45) is 0 Å². The average molecular weight is 548 g/mol. The lowest BCUT2D eigenvalue weighted by atomic mass is 10.0. The van der Waals surface area contributed by atoms with E-state index < -0.39 is 5.97 Å². The molecule has 35 heavy (non-hydrogen) atoms. The highest BCUT2D eigenvalue weighted by molar-refractivity contribution is 9.10. The number of esters is 1. The van der Waals surface area contributed by atoms with Crippen molar-refractivity contribution >= 4 is 61.6 Å². The molecular weight excluding hydrogens is 526 g/mol. The zero-order chi connectivity index (χ0) is 24.8. The molecule has 0 atom stereocenters. The Morgan fingerprint density at radius 1 is 0.971 bits per heavy atom. The summed E-state index contributed by atoms with van der Waals surface area (Å²) in [7, 11) is 0. The Balaban J connectivity index is 1.62. The van der Waals surface area contributed by atoms with Gasteiger partial charge >= 0.3 is 5.97 Å². The van der Waals surface area contributed by atoms with Crippen LogP contribution in [0.1, 0.15) is 33.2 Å². The quantitative estimate of drug-likeness (QED) is 0.239. The van der Waals surface area contributed by atoms with Gasteiger partial charge in [-0.1, -0.05) is 40.2 Å². The van der Waals surface area contributed by atoms with E-state index in [2.05, 4.69) is 26.2 Å². The molecular formula is C27H22BrN3O3S. The van der Waals surface area contributed by atoms with Crippen molar-refractivity contribution < 1.29 is 14.3 Å². The van der Waals surface area contributed by atoms with Gasteiger partial charge in [0.25, 0.3) is 5.91 Å². The van der Waals surface area contributed by atoms with Gasteiger partial charge in [0.05, 0.1) is 18.7 Å². The van der Waals surface area contributed by atoms with E-state index in [0.29, 0.717) is 24.3 Å². The third-order valence-electron chi connectivity index (χ3n) is 5.36. The molecule has 8 heteroatoms. The summed E-state index contributed by atoms with van der Waals surface area (Å²) in [4.78, 5) is 31.2. The van der Waals surface area contributed by atoms with Crippen LogP contribution in [0.4, 0.5) is 5.69 Å². The van der Waals surface area contributed by atoms with Crippen molar-refractivity contribution in [1.82, 2.24) is 10.3 Å². The van der Waals surface area contributed by atoms with Crippen LogP contribution in [0.3, 0.4) is 0 Å². The number of fused-ring (bicyclic) bond motifs is 1. The highest BCUT2D eigenvalue weighted by Crippen LogP contribution is 2.26. The van der Waals surface area contributed by atoms with Crippen molar-refractivity contribution in [2.45, 2.75) is 13.5 Å². The third kappa shape index (κ3) is 5.72. The number of hydrogen-bond acceptors (Lipinski definition) is 5. The number of benzene rings is 3. The normalized spacial score (nSPS) is 10.6. The van der Waals surface area contributed by atoms with Gasteiger partial charge in [0.2, 0.25) is 0 Å². The Morgan fingerprint density at radius 3 is 2.37 bits per heavy atom. The first-order chi connectivity index (χ1) is 17.0. The fourth-order valence-corrected chi connectivity index (χ4v) is 4.41. The maximum Gasteiger partial charge on any atom is 0.338 e. The Morgan fingerprint density at radius 2 is 1.66 bits per heavy atom. The Labute approximate surface area is 217 Å². The fraction of sp³-hybridized carbons (Fsp3) is 0.111. The molecule has 176 valence electrons. The summed E-state index contributed by atoms with van der Waals surface area (Å²) in [5.41, 5.74) is 2.64. The third-order valence-corrected chi connectivity index (χ3v) is 6.37. The second-order valence-corrected chi connectivity index (χ2v) is 8.85. The number of pyridine rings is 1. The molecule has 6 nitrogen and oxygen atoms in total. The highest BCUT2D eigenvalue weighted by Gasteiger charge is 2.19. The van der Waals surface area contributed by atoms with E-state index in [1.54, 1.807) is 54.5 Å². The summed E-state index contributed by atoms with van der Waals surface area (Å²) < 4.78 is 5.98. The molecule has 1 amide bonds. The van der Waals surface area contributed by atoms with E-state index in [9.17, 15) is 9.59 Å². The summed E-state index contributed by atoms with van der Waals surface area (Å²) in [5, 5.41) is 4.88. The van der Waals surface area contributed by atoms with Crippen molar-refractivity contribution in [2.75, 3.05) is 11.5 Å². The van der Waals surface area contributed by atoms with Gasteiger partial charge in [0, 0.05) is 28.1 Å². The number of thiocarbonyl (C=S) groups is 1. The van der Waals surface area contributed by atoms with Gasteiger partial charge in [-0.3, -0.25) is 15.1 Å². The molecule has 4 rings (SSSR count). The van der Waals surface area contributed by atoms with Gasteiger partial charge < -0.3 is 9.64 Å². The molecule has 1 heterocycles. The maximum atomic E-state index is 13.3. The lowest BCUT2D eigenvalue weighted by molar-refractivity contribution is 0.0526. The number of carbonyl (C=O) groups is 2. The van der Waals surface area contributed by atoms with Crippen LogP contribution >= 0.6 is 28.1 Å². The largest absolute Gasteiger partial charge is 0.462 e. The number of nitrogens with one attached hydrogen (secondary N) is 1. The molecule has 0 unspecified atom stereocenters. The molecule has 0 bridgehead atoms. The van der Waals surface area contributed by atoms with Gasteiger partial charge in [0.15, 0.2) is 5.11 Å². The van der Waals surface area contributed by atoms with Gasteiger partial charge in [-0.2, -0.15) is 0 Å². The van der Waals surface area contributed by atoms with Crippen LogP contribution < -0.4 is 10.2 Å². The van der Waals surface area contributed by atoms with Crippen LogP contribution in [0.15, 0.2) is 89.7 Å². The van der Waals surface area contributed by atoms with Crippen LogP contribution in [0.5, 0.6) is 0 Å². The first-order valence-electron chi connectivity index (χ1n) is 10.9. The fourth-order valence-electron chi connectivity index (χ4n) is 3.64. The van der Waals surface area contributed by atoms with Crippen LogP contribution in [0.2, 0.25) is 0 Å². The summed E-state index contributed by atoms with van der Waals surface area (Å²) in [6.45, 7) is 2.47.